The molecule has 52 valence electrons. The molecule has 6 N–H and O–H groups in total. The van der Waals surface area contributed by atoms with Crippen molar-refractivity contribution in [3.63, 3.8) is 0 Å². The Hall–Kier alpha value is -0.400. The van der Waals surface area contributed by atoms with Gasteiger partial charge in [0, 0.05) is 0 Å². The monoisotopic (exact) mass is 166 g/mol. The van der Waals surface area contributed by atoms with Gasteiger partial charge in [-0.25, -0.2) is 3.63 Å². The first-order valence-electron chi connectivity index (χ1n) is 1.82. The van der Waals surface area contributed by atoms with E-state index in [0.717, 1.165) is 0 Å². The van der Waals surface area contributed by atoms with Crippen molar-refractivity contribution in [1.82, 2.24) is 0 Å². The second-order valence-electron chi connectivity index (χ2n) is 0.963. The Kier molecular flexibility index (Phi) is 4.28. The fourth-order valence-electron chi connectivity index (χ4n) is 0.0903. The standard InChI is InChI=1S/C2H6N4OS2/c3-1(4)8-7-9-2(5)6/h(H3,3,4)(H3,5,6). The van der Waals surface area contributed by atoms with Crippen molar-refractivity contribution < 1.29 is 3.63 Å². The molecule has 0 atom stereocenters. The molecular weight excluding hydrogens is 160 g/mol. The summed E-state index contributed by atoms with van der Waals surface area (Å²) in [5.41, 5.74) is 9.75. The predicted molar refractivity (Wildman–Crippen MR) is 40.1 cm³/mol. The smallest absolute Gasteiger partial charge is 0.180 e. The Bertz CT molecular complexity index is 112. The van der Waals surface area contributed by atoms with Gasteiger partial charge in [-0.15, -0.1) is 0 Å². The molecule has 0 aromatic rings. The third-order valence-corrected chi connectivity index (χ3v) is 1.15. The maximum absolute atomic E-state index is 6.63. The molecule has 0 aromatic heterocycles. The molecule has 0 aromatic carbocycles. The van der Waals surface area contributed by atoms with Crippen molar-refractivity contribution in [2.45, 2.75) is 0 Å². The largest absolute Gasteiger partial charge is 0.377 e. The summed E-state index contributed by atoms with van der Waals surface area (Å²) in [5.74, 6) is 0. The minimum absolute atomic E-state index is 0.163. The van der Waals surface area contributed by atoms with Gasteiger partial charge in [0.15, 0.2) is 10.3 Å². The Morgan fingerprint density at radius 2 is 1.44 bits per heavy atom. The molecule has 0 bridgehead atoms. The summed E-state index contributed by atoms with van der Waals surface area (Å²) in [7, 11) is 0. The highest BCUT2D eigenvalue weighted by molar-refractivity contribution is 8.21. The molecule has 0 aliphatic rings. The number of hydrogen-bond donors (Lipinski definition) is 4. The first-order valence-corrected chi connectivity index (χ1v) is 3.30. The van der Waals surface area contributed by atoms with Crippen molar-refractivity contribution >= 4 is 34.4 Å². The van der Waals surface area contributed by atoms with E-state index in [0.29, 0.717) is 24.1 Å². The van der Waals surface area contributed by atoms with Crippen molar-refractivity contribution in [2.75, 3.05) is 0 Å². The zero-order valence-electron chi connectivity index (χ0n) is 4.38. The Labute approximate surface area is 60.9 Å². The normalized spacial score (nSPS) is 8.89. The van der Waals surface area contributed by atoms with Crippen LogP contribution in [0.1, 0.15) is 0 Å². The molecule has 0 saturated carbocycles. The van der Waals surface area contributed by atoms with Gasteiger partial charge in [-0.2, -0.15) is 0 Å². The second-order valence-corrected chi connectivity index (χ2v) is 2.72. The van der Waals surface area contributed by atoms with Crippen LogP contribution >= 0.6 is 24.1 Å². The lowest BCUT2D eigenvalue weighted by Crippen LogP contribution is -2.06. The summed E-state index contributed by atoms with van der Waals surface area (Å²) >= 11 is 1.33. The van der Waals surface area contributed by atoms with Crippen LogP contribution in [-0.2, 0) is 3.63 Å². The Morgan fingerprint density at radius 3 is 1.67 bits per heavy atom. The zero-order valence-corrected chi connectivity index (χ0v) is 6.01. The van der Waals surface area contributed by atoms with E-state index >= 15 is 0 Å². The van der Waals surface area contributed by atoms with E-state index in [1.807, 2.05) is 0 Å². The molecule has 0 fully saturated rings. The van der Waals surface area contributed by atoms with Gasteiger partial charge in [-0.1, -0.05) is 0 Å². The molecule has 0 aliphatic heterocycles. The van der Waals surface area contributed by atoms with Crippen LogP contribution in [0.2, 0.25) is 0 Å². The van der Waals surface area contributed by atoms with Gasteiger partial charge in [0.05, 0.1) is 24.1 Å². The molecule has 0 spiro atoms. The molecule has 9 heavy (non-hydrogen) atoms. The first-order chi connectivity index (χ1) is 4.13. The quantitative estimate of drug-likeness (QED) is 0.264. The molecule has 0 rings (SSSR count). The fourth-order valence-corrected chi connectivity index (χ4v) is 0.813. The second kappa shape index (κ2) is 4.48. The number of nitrogens with one attached hydrogen (secondary N) is 2. The highest BCUT2D eigenvalue weighted by Crippen LogP contribution is 2.12. The third kappa shape index (κ3) is 7.60. The minimum atomic E-state index is -0.163. The van der Waals surface area contributed by atoms with E-state index in [1.165, 1.54) is 0 Å². The van der Waals surface area contributed by atoms with Crippen LogP contribution < -0.4 is 11.5 Å². The molecule has 5 nitrogen and oxygen atoms in total. The summed E-state index contributed by atoms with van der Waals surface area (Å²) in [6.07, 6.45) is 0. The molecule has 0 radical (unpaired) electrons. The fraction of sp³-hybridized carbons (Fsp3) is 0. The minimum Gasteiger partial charge on any atom is -0.377 e. The van der Waals surface area contributed by atoms with E-state index in [2.05, 4.69) is 3.63 Å². The van der Waals surface area contributed by atoms with Gasteiger partial charge < -0.3 is 11.5 Å². The van der Waals surface area contributed by atoms with E-state index in [1.54, 1.807) is 0 Å². The Balaban J connectivity index is 3.10. The summed E-state index contributed by atoms with van der Waals surface area (Å²) in [6, 6.07) is 0. The predicted octanol–water partition coefficient (Wildman–Crippen LogP) is 0.0863. The van der Waals surface area contributed by atoms with Crippen LogP contribution in [0.25, 0.3) is 0 Å². The van der Waals surface area contributed by atoms with E-state index in [4.69, 9.17) is 22.3 Å². The molecule has 0 unspecified atom stereocenters. The van der Waals surface area contributed by atoms with Gasteiger partial charge in [0.25, 0.3) is 0 Å². The molecule has 0 amide bonds. The van der Waals surface area contributed by atoms with Crippen LogP contribution in [-0.4, -0.2) is 10.3 Å². The van der Waals surface area contributed by atoms with Gasteiger partial charge in [0.1, 0.15) is 0 Å². The number of nitrogens with two attached hydrogens (primary N) is 2. The highest BCUT2D eigenvalue weighted by atomic mass is 32.2. The van der Waals surface area contributed by atoms with E-state index in [-0.39, 0.29) is 10.3 Å². The molecule has 7 heteroatoms. The van der Waals surface area contributed by atoms with E-state index < -0.39 is 0 Å². The van der Waals surface area contributed by atoms with Crippen LogP contribution in [0.15, 0.2) is 0 Å². The molecule has 0 aliphatic carbocycles. The zero-order chi connectivity index (χ0) is 7.28. The van der Waals surface area contributed by atoms with Crippen LogP contribution in [0.3, 0.4) is 0 Å². The number of hydrogen-bond acceptors (Lipinski definition) is 5. The van der Waals surface area contributed by atoms with Crippen LogP contribution in [0, 0.1) is 10.8 Å². The maximum Gasteiger partial charge on any atom is 0.180 e. The average molecular weight is 166 g/mol. The SMILES string of the molecule is N=C(N)SOSC(=N)N. The van der Waals surface area contributed by atoms with Gasteiger partial charge in [-0.3, -0.25) is 10.8 Å². The van der Waals surface area contributed by atoms with Crippen molar-refractivity contribution in [3.8, 4) is 0 Å². The van der Waals surface area contributed by atoms with Gasteiger partial charge in [-0.05, 0) is 0 Å². The summed E-state index contributed by atoms with van der Waals surface area (Å²) in [5, 5.41) is 12.9. The molecule has 0 heterocycles. The first kappa shape index (κ1) is 8.60. The maximum atomic E-state index is 6.63. The summed E-state index contributed by atoms with van der Waals surface area (Å²) in [4.78, 5) is 0. The average Bonchev–Trinajstić information content (AvgIpc) is 1.63. The van der Waals surface area contributed by atoms with Crippen molar-refractivity contribution in [3.05, 3.63) is 0 Å². The number of amidine groups is 2. The van der Waals surface area contributed by atoms with Crippen LogP contribution in [0.5, 0.6) is 0 Å². The van der Waals surface area contributed by atoms with Crippen molar-refractivity contribution in [1.29, 1.82) is 10.8 Å². The lowest BCUT2D eigenvalue weighted by Gasteiger charge is -1.94. The lowest BCUT2D eigenvalue weighted by molar-refractivity contribution is 0.777. The third-order valence-electron chi connectivity index (χ3n) is 0.248. The topological polar surface area (TPSA) is 109 Å². The number of rotatable bonds is 2. The summed E-state index contributed by atoms with van der Waals surface area (Å²) < 4.78 is 4.49. The van der Waals surface area contributed by atoms with E-state index in [9.17, 15) is 0 Å². The van der Waals surface area contributed by atoms with Crippen LogP contribution in [0.4, 0.5) is 0 Å². The van der Waals surface area contributed by atoms with Crippen molar-refractivity contribution in [2.24, 2.45) is 11.5 Å². The Morgan fingerprint density at radius 1 is 1.11 bits per heavy atom. The summed E-state index contributed by atoms with van der Waals surface area (Å²) in [6.45, 7) is 0. The lowest BCUT2D eigenvalue weighted by atomic mass is 11.4. The highest BCUT2D eigenvalue weighted by Gasteiger charge is 1.93. The molecular formula is C2H6N4OS2. The van der Waals surface area contributed by atoms with Gasteiger partial charge >= 0.3 is 0 Å². The molecule has 0 saturated heterocycles. The van der Waals surface area contributed by atoms with Gasteiger partial charge in [0.2, 0.25) is 0 Å².